The Labute approximate surface area is 100 Å². The highest BCUT2D eigenvalue weighted by atomic mass is 32.1. The molecule has 2 N–H and O–H groups in total. The van der Waals surface area contributed by atoms with Gasteiger partial charge in [0.15, 0.2) is 5.13 Å². The van der Waals surface area contributed by atoms with Crippen molar-refractivity contribution < 1.29 is 4.74 Å². The number of hydrogen-bond acceptors (Lipinski definition) is 5. The van der Waals surface area contributed by atoms with Crippen LogP contribution in [0.3, 0.4) is 0 Å². The highest BCUT2D eigenvalue weighted by Crippen LogP contribution is 2.26. The zero-order valence-electron chi connectivity index (χ0n) is 9.85. The number of nitrogens with zero attached hydrogens (tertiary/aromatic N) is 2. The molecule has 0 saturated carbocycles. The fourth-order valence-corrected chi connectivity index (χ4v) is 2.90. The molecule has 0 aromatic carbocycles. The van der Waals surface area contributed by atoms with Gasteiger partial charge in [-0.05, 0) is 19.8 Å². The summed E-state index contributed by atoms with van der Waals surface area (Å²) in [4.78, 5) is 6.87. The van der Waals surface area contributed by atoms with Gasteiger partial charge < -0.3 is 15.4 Å². The molecule has 1 saturated heterocycles. The highest BCUT2D eigenvalue weighted by Gasteiger charge is 2.21. The number of rotatable bonds is 3. The van der Waals surface area contributed by atoms with E-state index in [1.165, 1.54) is 6.42 Å². The van der Waals surface area contributed by atoms with Crippen molar-refractivity contribution in [1.82, 2.24) is 4.98 Å². The minimum Gasteiger partial charge on any atom is -0.380 e. The molecule has 1 aliphatic rings. The quantitative estimate of drug-likeness (QED) is 0.876. The van der Waals surface area contributed by atoms with Crippen molar-refractivity contribution in [3.63, 3.8) is 0 Å². The molecule has 0 amide bonds. The van der Waals surface area contributed by atoms with Gasteiger partial charge in [0.2, 0.25) is 0 Å². The van der Waals surface area contributed by atoms with Crippen LogP contribution in [0.5, 0.6) is 0 Å². The van der Waals surface area contributed by atoms with Crippen LogP contribution in [0.1, 0.15) is 31.5 Å². The second-order valence-corrected chi connectivity index (χ2v) is 5.13. The zero-order chi connectivity index (χ0) is 11.5. The van der Waals surface area contributed by atoms with Crippen LogP contribution in [0.15, 0.2) is 5.38 Å². The molecule has 5 heteroatoms. The van der Waals surface area contributed by atoms with Gasteiger partial charge in [-0.2, -0.15) is 0 Å². The molecule has 0 bridgehead atoms. The average Bonchev–Trinajstić information content (AvgIpc) is 2.78. The van der Waals surface area contributed by atoms with Crippen molar-refractivity contribution in [2.24, 2.45) is 5.73 Å². The average molecular weight is 241 g/mol. The first kappa shape index (κ1) is 11.8. The second kappa shape index (κ2) is 5.12. The predicted octanol–water partition coefficient (Wildman–Crippen LogP) is 1.78. The van der Waals surface area contributed by atoms with Crippen molar-refractivity contribution in [3.05, 3.63) is 11.1 Å². The van der Waals surface area contributed by atoms with E-state index in [4.69, 9.17) is 10.5 Å². The topological polar surface area (TPSA) is 51.4 Å². The third-order valence-electron chi connectivity index (χ3n) is 2.96. The number of piperidine rings is 1. The second-order valence-electron chi connectivity index (χ2n) is 4.29. The molecule has 1 aliphatic heterocycles. The van der Waals surface area contributed by atoms with E-state index in [-0.39, 0.29) is 6.04 Å². The van der Waals surface area contributed by atoms with Crippen LogP contribution in [-0.4, -0.2) is 31.3 Å². The highest BCUT2D eigenvalue weighted by molar-refractivity contribution is 7.13. The molecule has 2 unspecified atom stereocenters. The lowest BCUT2D eigenvalue weighted by molar-refractivity contribution is 0.0893. The molecule has 16 heavy (non-hydrogen) atoms. The molecular formula is C11H19N3OS. The van der Waals surface area contributed by atoms with Gasteiger partial charge in [0, 0.05) is 31.6 Å². The number of anilines is 1. The summed E-state index contributed by atoms with van der Waals surface area (Å²) in [5, 5.41) is 3.13. The van der Waals surface area contributed by atoms with E-state index in [0.29, 0.717) is 6.10 Å². The Morgan fingerprint density at radius 1 is 1.69 bits per heavy atom. The van der Waals surface area contributed by atoms with E-state index in [0.717, 1.165) is 30.3 Å². The van der Waals surface area contributed by atoms with Crippen LogP contribution < -0.4 is 10.6 Å². The van der Waals surface area contributed by atoms with Crippen molar-refractivity contribution in [2.75, 3.05) is 25.1 Å². The Balaban J connectivity index is 2.05. The maximum atomic E-state index is 5.81. The number of thiazole rings is 1. The number of hydrogen-bond donors (Lipinski definition) is 1. The molecular weight excluding hydrogens is 222 g/mol. The first-order chi connectivity index (χ1) is 7.70. The Morgan fingerprint density at radius 2 is 2.50 bits per heavy atom. The smallest absolute Gasteiger partial charge is 0.185 e. The predicted molar refractivity (Wildman–Crippen MR) is 67.0 cm³/mol. The maximum absolute atomic E-state index is 5.81. The first-order valence-electron chi connectivity index (χ1n) is 5.69. The van der Waals surface area contributed by atoms with E-state index in [2.05, 4.69) is 15.3 Å². The van der Waals surface area contributed by atoms with Crippen LogP contribution in [0.2, 0.25) is 0 Å². The van der Waals surface area contributed by atoms with E-state index in [1.807, 2.05) is 6.92 Å². The summed E-state index contributed by atoms with van der Waals surface area (Å²) in [5.74, 6) is 0. The molecule has 1 fully saturated rings. The number of aromatic nitrogens is 1. The summed E-state index contributed by atoms with van der Waals surface area (Å²) in [7, 11) is 1.78. The Morgan fingerprint density at radius 3 is 3.12 bits per heavy atom. The number of ether oxygens (including phenoxy) is 1. The first-order valence-corrected chi connectivity index (χ1v) is 6.57. The molecule has 2 rings (SSSR count). The van der Waals surface area contributed by atoms with Gasteiger partial charge in [-0.25, -0.2) is 4.98 Å². The van der Waals surface area contributed by atoms with E-state index >= 15 is 0 Å². The van der Waals surface area contributed by atoms with Gasteiger partial charge in [-0.15, -0.1) is 11.3 Å². The third kappa shape index (κ3) is 2.53. The summed E-state index contributed by atoms with van der Waals surface area (Å²) >= 11 is 1.68. The fourth-order valence-electron chi connectivity index (χ4n) is 1.93. The van der Waals surface area contributed by atoms with Crippen LogP contribution >= 0.6 is 11.3 Å². The zero-order valence-corrected chi connectivity index (χ0v) is 10.7. The van der Waals surface area contributed by atoms with Crippen LogP contribution in [0.4, 0.5) is 5.13 Å². The Hall–Kier alpha value is -0.650. The van der Waals surface area contributed by atoms with Crippen LogP contribution in [0.25, 0.3) is 0 Å². The van der Waals surface area contributed by atoms with Gasteiger partial charge >= 0.3 is 0 Å². The minimum atomic E-state index is 0.0213. The van der Waals surface area contributed by atoms with Gasteiger partial charge in [0.1, 0.15) is 0 Å². The fraction of sp³-hybridized carbons (Fsp3) is 0.727. The van der Waals surface area contributed by atoms with Crippen molar-refractivity contribution in [1.29, 1.82) is 0 Å². The molecule has 1 aromatic rings. The largest absolute Gasteiger partial charge is 0.380 e. The molecule has 2 heterocycles. The summed E-state index contributed by atoms with van der Waals surface area (Å²) in [6.07, 6.45) is 2.67. The molecule has 0 aliphatic carbocycles. The lowest BCUT2D eigenvalue weighted by Gasteiger charge is -2.31. The Kier molecular flexibility index (Phi) is 3.78. The maximum Gasteiger partial charge on any atom is 0.185 e. The number of methoxy groups -OCH3 is 1. The van der Waals surface area contributed by atoms with E-state index in [9.17, 15) is 0 Å². The van der Waals surface area contributed by atoms with Gasteiger partial charge in [0.25, 0.3) is 0 Å². The van der Waals surface area contributed by atoms with Gasteiger partial charge in [0.05, 0.1) is 11.8 Å². The molecule has 90 valence electrons. The van der Waals surface area contributed by atoms with Crippen molar-refractivity contribution in [3.8, 4) is 0 Å². The van der Waals surface area contributed by atoms with Gasteiger partial charge in [-0.3, -0.25) is 0 Å². The summed E-state index contributed by atoms with van der Waals surface area (Å²) < 4.78 is 5.41. The summed E-state index contributed by atoms with van der Waals surface area (Å²) in [6.45, 7) is 3.99. The van der Waals surface area contributed by atoms with Crippen molar-refractivity contribution >= 4 is 16.5 Å². The molecule has 1 aromatic heterocycles. The minimum absolute atomic E-state index is 0.0213. The van der Waals surface area contributed by atoms with E-state index in [1.54, 1.807) is 18.4 Å². The Bertz CT molecular complexity index is 340. The van der Waals surface area contributed by atoms with Crippen LogP contribution in [-0.2, 0) is 4.74 Å². The standard InChI is InChI=1S/C11H19N3OS/c1-8(12)10-7-16-11(13-10)14-5-3-4-9(6-14)15-2/h7-9H,3-6,12H2,1-2H3. The lowest BCUT2D eigenvalue weighted by Crippen LogP contribution is -2.39. The summed E-state index contributed by atoms with van der Waals surface area (Å²) in [5.41, 5.74) is 6.80. The van der Waals surface area contributed by atoms with Crippen LogP contribution in [0, 0.1) is 0 Å². The van der Waals surface area contributed by atoms with E-state index < -0.39 is 0 Å². The SMILES string of the molecule is COC1CCCN(c2nc(C(C)N)cs2)C1. The molecule has 4 nitrogen and oxygen atoms in total. The molecule has 0 radical (unpaired) electrons. The normalized spacial score (nSPS) is 23.4. The molecule has 2 atom stereocenters. The third-order valence-corrected chi connectivity index (χ3v) is 3.88. The monoisotopic (exact) mass is 241 g/mol. The molecule has 0 spiro atoms. The van der Waals surface area contributed by atoms with Gasteiger partial charge in [-0.1, -0.05) is 0 Å². The lowest BCUT2D eigenvalue weighted by atomic mass is 10.1. The summed E-state index contributed by atoms with van der Waals surface area (Å²) in [6, 6.07) is 0.0213. The number of nitrogens with two attached hydrogens (primary N) is 1. The van der Waals surface area contributed by atoms with Crippen molar-refractivity contribution in [2.45, 2.75) is 31.9 Å².